The highest BCUT2D eigenvalue weighted by Crippen LogP contribution is 2.22. The van der Waals surface area contributed by atoms with Crippen molar-refractivity contribution in [2.45, 2.75) is 11.3 Å². The summed E-state index contributed by atoms with van der Waals surface area (Å²) in [4.78, 5) is 11.2. The Hall–Kier alpha value is -2.61. The van der Waals surface area contributed by atoms with Crippen LogP contribution in [0.15, 0.2) is 65.6 Å². The molecular weight excluding hydrogens is 402 g/mol. The zero-order chi connectivity index (χ0) is 20.1. The molecular formula is C20H18ClNO5S. The van der Waals surface area contributed by atoms with Gasteiger partial charge in [0.25, 0.3) is 0 Å². The zero-order valence-electron chi connectivity index (χ0n) is 14.8. The number of nitrogens with one attached hydrogen (secondary N) is 1. The van der Waals surface area contributed by atoms with Gasteiger partial charge in [-0.2, -0.15) is 0 Å². The summed E-state index contributed by atoms with van der Waals surface area (Å²) in [6.45, 7) is 0.572. The van der Waals surface area contributed by atoms with E-state index in [2.05, 4.69) is 4.72 Å². The van der Waals surface area contributed by atoms with Crippen molar-refractivity contribution in [2.75, 3.05) is 13.2 Å². The first-order chi connectivity index (χ1) is 13.3. The highest BCUT2D eigenvalue weighted by atomic mass is 35.5. The molecule has 0 aliphatic rings. The van der Waals surface area contributed by atoms with Crippen molar-refractivity contribution in [3.05, 3.63) is 71.2 Å². The molecule has 8 heteroatoms. The largest absolute Gasteiger partial charge is 0.494 e. The molecule has 146 valence electrons. The smallest absolute Gasteiger partial charge is 0.335 e. The molecule has 0 bridgehead atoms. The van der Waals surface area contributed by atoms with Crippen molar-refractivity contribution in [3.63, 3.8) is 0 Å². The molecule has 28 heavy (non-hydrogen) atoms. The number of carbonyl (C=O) groups is 1. The molecule has 0 unspecified atom stereocenters. The van der Waals surface area contributed by atoms with Crippen LogP contribution in [0.1, 0.15) is 16.8 Å². The first-order valence-electron chi connectivity index (χ1n) is 8.50. The maximum atomic E-state index is 12.2. The Labute approximate surface area is 167 Å². The van der Waals surface area contributed by atoms with Crippen molar-refractivity contribution < 1.29 is 23.1 Å². The van der Waals surface area contributed by atoms with Crippen molar-refractivity contribution in [1.29, 1.82) is 0 Å². The Kier molecular flexibility index (Phi) is 6.18. The van der Waals surface area contributed by atoms with Crippen LogP contribution >= 0.6 is 11.6 Å². The Morgan fingerprint density at radius 3 is 2.39 bits per heavy atom. The third-order valence-electron chi connectivity index (χ3n) is 4.06. The summed E-state index contributed by atoms with van der Waals surface area (Å²) in [5, 5.41) is 11.2. The SMILES string of the molecule is O=C(O)c1ccc2cc(OCCCNS(=O)(=O)c3ccc(Cl)cc3)ccc2c1. The van der Waals surface area contributed by atoms with Crippen LogP contribution in [-0.2, 0) is 10.0 Å². The highest BCUT2D eigenvalue weighted by molar-refractivity contribution is 7.89. The van der Waals surface area contributed by atoms with Gasteiger partial charge in [-0.05, 0) is 65.7 Å². The highest BCUT2D eigenvalue weighted by Gasteiger charge is 2.12. The van der Waals surface area contributed by atoms with Crippen molar-refractivity contribution in [1.82, 2.24) is 4.72 Å². The molecule has 3 aromatic rings. The van der Waals surface area contributed by atoms with Gasteiger partial charge in [0.15, 0.2) is 0 Å². The average molecular weight is 420 g/mol. The molecule has 0 aliphatic heterocycles. The van der Waals surface area contributed by atoms with Crippen molar-refractivity contribution in [2.24, 2.45) is 0 Å². The topological polar surface area (TPSA) is 92.7 Å². The number of fused-ring (bicyclic) bond motifs is 1. The van der Waals surface area contributed by atoms with E-state index in [1.165, 1.54) is 24.3 Å². The first kappa shape index (κ1) is 20.1. The fourth-order valence-corrected chi connectivity index (χ4v) is 3.81. The molecule has 0 atom stereocenters. The van der Waals surface area contributed by atoms with E-state index in [1.807, 2.05) is 6.07 Å². The van der Waals surface area contributed by atoms with Crippen LogP contribution in [0.5, 0.6) is 5.75 Å². The molecule has 0 spiro atoms. The van der Waals surface area contributed by atoms with Gasteiger partial charge in [-0.1, -0.05) is 23.7 Å². The number of hydrogen-bond donors (Lipinski definition) is 2. The van der Waals surface area contributed by atoms with Crippen LogP contribution in [0.2, 0.25) is 5.02 Å². The van der Waals surface area contributed by atoms with Crippen LogP contribution in [0.3, 0.4) is 0 Å². The third-order valence-corrected chi connectivity index (χ3v) is 5.79. The second-order valence-electron chi connectivity index (χ2n) is 6.08. The molecule has 0 amide bonds. The van der Waals surface area contributed by atoms with Crippen LogP contribution in [0.4, 0.5) is 0 Å². The van der Waals surface area contributed by atoms with E-state index < -0.39 is 16.0 Å². The van der Waals surface area contributed by atoms with Gasteiger partial charge in [0.2, 0.25) is 10.0 Å². The molecule has 0 heterocycles. The number of hydrogen-bond acceptors (Lipinski definition) is 4. The number of ether oxygens (including phenoxy) is 1. The molecule has 0 aromatic heterocycles. The molecule has 3 rings (SSSR count). The molecule has 2 N–H and O–H groups in total. The van der Waals surface area contributed by atoms with Gasteiger partial charge in [-0.15, -0.1) is 0 Å². The predicted octanol–water partition coefficient (Wildman–Crippen LogP) is 3.94. The van der Waals surface area contributed by atoms with Crippen LogP contribution in [-0.4, -0.2) is 32.6 Å². The number of carboxylic acids is 1. The number of sulfonamides is 1. The van der Waals surface area contributed by atoms with Crippen LogP contribution in [0.25, 0.3) is 10.8 Å². The van der Waals surface area contributed by atoms with Gasteiger partial charge in [0, 0.05) is 11.6 Å². The maximum absolute atomic E-state index is 12.2. The van der Waals surface area contributed by atoms with Crippen molar-refractivity contribution in [3.8, 4) is 5.75 Å². The maximum Gasteiger partial charge on any atom is 0.335 e. The van der Waals surface area contributed by atoms with E-state index in [1.54, 1.807) is 30.3 Å². The molecule has 6 nitrogen and oxygen atoms in total. The average Bonchev–Trinajstić information content (AvgIpc) is 2.67. The predicted molar refractivity (Wildman–Crippen MR) is 108 cm³/mol. The summed E-state index contributed by atoms with van der Waals surface area (Å²) in [5.41, 5.74) is 0.231. The number of carboxylic acid groups (broad SMARTS) is 1. The number of rotatable bonds is 8. The lowest BCUT2D eigenvalue weighted by molar-refractivity contribution is 0.0697. The van der Waals surface area contributed by atoms with Crippen LogP contribution in [0, 0.1) is 0 Å². The first-order valence-corrected chi connectivity index (χ1v) is 10.4. The second kappa shape index (κ2) is 8.60. The third kappa shape index (κ3) is 5.01. The van der Waals surface area contributed by atoms with E-state index in [0.29, 0.717) is 23.8 Å². The van der Waals surface area contributed by atoms with E-state index in [-0.39, 0.29) is 17.0 Å². The minimum Gasteiger partial charge on any atom is -0.494 e. The fraction of sp³-hybridized carbons (Fsp3) is 0.150. The quantitative estimate of drug-likeness (QED) is 0.539. The number of benzene rings is 3. The summed E-state index contributed by atoms with van der Waals surface area (Å²) in [6, 6.07) is 16.2. The molecule has 3 aromatic carbocycles. The van der Waals surface area contributed by atoms with Gasteiger partial charge >= 0.3 is 5.97 Å². The number of halogens is 1. The van der Waals surface area contributed by atoms with Gasteiger partial charge in [0.1, 0.15) is 5.75 Å². The summed E-state index contributed by atoms with van der Waals surface area (Å²) in [6.07, 6.45) is 0.489. The standard InChI is InChI=1S/C20H18ClNO5S/c21-17-5-8-19(9-6-17)28(25,26)22-10-1-11-27-18-7-4-14-12-16(20(23)24)3-2-15(14)13-18/h2-9,12-13,22H,1,10-11H2,(H,23,24). The molecule has 0 saturated carbocycles. The van der Waals surface area contributed by atoms with E-state index >= 15 is 0 Å². The molecule has 0 radical (unpaired) electrons. The monoisotopic (exact) mass is 419 g/mol. The number of aromatic carboxylic acids is 1. The Morgan fingerprint density at radius 1 is 1.00 bits per heavy atom. The minimum atomic E-state index is -3.57. The zero-order valence-corrected chi connectivity index (χ0v) is 16.3. The molecule has 0 fully saturated rings. The molecule has 0 saturated heterocycles. The van der Waals surface area contributed by atoms with E-state index in [0.717, 1.165) is 10.8 Å². The van der Waals surface area contributed by atoms with Gasteiger partial charge in [-0.3, -0.25) is 0 Å². The minimum absolute atomic E-state index is 0.160. The fourth-order valence-electron chi connectivity index (χ4n) is 2.61. The van der Waals surface area contributed by atoms with E-state index in [9.17, 15) is 13.2 Å². The van der Waals surface area contributed by atoms with E-state index in [4.69, 9.17) is 21.4 Å². The van der Waals surface area contributed by atoms with Crippen LogP contribution < -0.4 is 9.46 Å². The van der Waals surface area contributed by atoms with Crippen molar-refractivity contribution >= 4 is 38.4 Å². The Balaban J connectivity index is 1.51. The van der Waals surface area contributed by atoms with Gasteiger partial charge in [-0.25, -0.2) is 17.9 Å². The normalized spacial score (nSPS) is 11.5. The summed E-state index contributed by atoms with van der Waals surface area (Å²) in [5.74, 6) is -0.334. The summed E-state index contributed by atoms with van der Waals surface area (Å²) < 4.78 is 32.5. The lowest BCUT2D eigenvalue weighted by Crippen LogP contribution is -2.25. The lowest BCUT2D eigenvalue weighted by Gasteiger charge is -2.09. The second-order valence-corrected chi connectivity index (χ2v) is 8.29. The van der Waals surface area contributed by atoms with Gasteiger partial charge < -0.3 is 9.84 Å². The summed E-state index contributed by atoms with van der Waals surface area (Å²) >= 11 is 5.77. The lowest BCUT2D eigenvalue weighted by atomic mass is 10.1. The van der Waals surface area contributed by atoms with Gasteiger partial charge in [0.05, 0.1) is 17.1 Å². The molecule has 0 aliphatic carbocycles. The Morgan fingerprint density at radius 2 is 1.68 bits per heavy atom. The Bertz CT molecular complexity index is 1100. The summed E-state index contributed by atoms with van der Waals surface area (Å²) in [7, 11) is -3.57.